The normalized spacial score (nSPS) is 18.0. The minimum Gasteiger partial charge on any atom is -0.493 e. The van der Waals surface area contributed by atoms with Crippen molar-refractivity contribution in [3.63, 3.8) is 0 Å². The molecule has 7 nitrogen and oxygen atoms in total. The van der Waals surface area contributed by atoms with Crippen molar-refractivity contribution in [3.8, 4) is 17.0 Å². The summed E-state index contributed by atoms with van der Waals surface area (Å²) < 4.78 is 5.92. The summed E-state index contributed by atoms with van der Waals surface area (Å²) in [4.78, 5) is 32.8. The molecule has 2 heterocycles. The van der Waals surface area contributed by atoms with Crippen LogP contribution in [0.25, 0.3) is 11.3 Å². The summed E-state index contributed by atoms with van der Waals surface area (Å²) in [6, 6.07) is 13.7. The molecule has 1 atom stereocenters. The van der Waals surface area contributed by atoms with Crippen LogP contribution in [0.2, 0.25) is 0 Å². The molecule has 1 aliphatic heterocycles. The van der Waals surface area contributed by atoms with Gasteiger partial charge in [0.05, 0.1) is 12.3 Å². The number of benzene rings is 2. The lowest BCUT2D eigenvalue weighted by atomic mass is 9.83. The minimum absolute atomic E-state index is 0.111. The minimum atomic E-state index is -0.251. The number of anilines is 1. The van der Waals surface area contributed by atoms with E-state index in [4.69, 9.17) is 9.72 Å². The summed E-state index contributed by atoms with van der Waals surface area (Å²) in [5.74, 6) is 1.03. The highest BCUT2D eigenvalue weighted by Crippen LogP contribution is 2.39. The van der Waals surface area contributed by atoms with Crippen LogP contribution in [0.1, 0.15) is 91.0 Å². The number of hydrogen-bond donors (Lipinski definition) is 2. The Bertz CT molecular complexity index is 1300. The Morgan fingerprint density at radius 3 is 2.45 bits per heavy atom. The van der Waals surface area contributed by atoms with Gasteiger partial charge in [0.2, 0.25) is 0 Å². The van der Waals surface area contributed by atoms with Gasteiger partial charge in [0.1, 0.15) is 5.75 Å². The molecule has 212 valence electrons. The molecule has 5 rings (SSSR count). The Balaban J connectivity index is 1.22. The topological polar surface area (TPSA) is 83.6 Å². The zero-order valence-electron chi connectivity index (χ0n) is 23.6. The zero-order chi connectivity index (χ0) is 27.9. The average Bonchev–Trinajstić information content (AvgIpc) is 3.66. The second kappa shape index (κ2) is 13.4. The first-order valence-corrected chi connectivity index (χ1v) is 15.6. The monoisotopic (exact) mass is 560 g/mol. The van der Waals surface area contributed by atoms with E-state index in [0.717, 1.165) is 36.5 Å². The largest absolute Gasteiger partial charge is 0.493 e. The molecule has 3 aromatic rings. The van der Waals surface area contributed by atoms with Gasteiger partial charge in [-0.3, -0.25) is 19.8 Å². The molecule has 40 heavy (non-hydrogen) atoms. The molecule has 2 N–H and O–H groups in total. The van der Waals surface area contributed by atoms with Gasteiger partial charge in [0, 0.05) is 34.7 Å². The fraction of sp³-hybridized carbons (Fsp3) is 0.469. The summed E-state index contributed by atoms with van der Waals surface area (Å²) in [6.45, 7) is 7.47. The molecule has 2 amide bonds. The fourth-order valence-corrected chi connectivity index (χ4v) is 6.68. The van der Waals surface area contributed by atoms with Gasteiger partial charge >= 0.3 is 0 Å². The molecule has 0 bridgehead atoms. The van der Waals surface area contributed by atoms with Crippen LogP contribution in [0, 0.1) is 0 Å². The maximum Gasteiger partial charge on any atom is 0.257 e. The highest BCUT2D eigenvalue weighted by molar-refractivity contribution is 7.14. The van der Waals surface area contributed by atoms with Crippen LogP contribution in [0.5, 0.6) is 5.75 Å². The van der Waals surface area contributed by atoms with E-state index in [9.17, 15) is 9.59 Å². The quantitative estimate of drug-likeness (QED) is 0.288. The van der Waals surface area contributed by atoms with Gasteiger partial charge in [0.25, 0.3) is 11.8 Å². The van der Waals surface area contributed by atoms with Gasteiger partial charge in [-0.1, -0.05) is 32.3 Å². The number of nitrogens with zero attached hydrogens (tertiary/aromatic N) is 2. The number of ether oxygens (including phenoxy) is 1. The van der Waals surface area contributed by atoms with E-state index in [0.29, 0.717) is 41.4 Å². The van der Waals surface area contributed by atoms with Crippen LogP contribution in [0.15, 0.2) is 47.8 Å². The van der Waals surface area contributed by atoms with E-state index in [-0.39, 0.29) is 11.8 Å². The van der Waals surface area contributed by atoms with Crippen molar-refractivity contribution in [2.24, 2.45) is 0 Å². The molecule has 1 saturated heterocycles. The molecule has 1 aromatic heterocycles. The molecule has 1 aliphatic carbocycles. The maximum atomic E-state index is 13.0. The number of likely N-dealkylation sites (tertiary alicyclic amines) is 1. The Morgan fingerprint density at radius 1 is 0.975 bits per heavy atom. The zero-order valence-corrected chi connectivity index (χ0v) is 24.4. The van der Waals surface area contributed by atoms with Gasteiger partial charge in [-0.05, 0) is 93.6 Å². The van der Waals surface area contributed by atoms with Crippen LogP contribution < -0.4 is 15.4 Å². The molecule has 0 radical (unpaired) electrons. The van der Waals surface area contributed by atoms with Crippen molar-refractivity contribution in [2.75, 3.05) is 31.6 Å². The summed E-state index contributed by atoms with van der Waals surface area (Å²) in [5, 5.41) is 8.47. The van der Waals surface area contributed by atoms with Crippen molar-refractivity contribution in [3.05, 3.63) is 64.5 Å². The van der Waals surface area contributed by atoms with E-state index in [1.165, 1.54) is 55.4 Å². The third kappa shape index (κ3) is 6.73. The lowest BCUT2D eigenvalue weighted by Crippen LogP contribution is -2.40. The summed E-state index contributed by atoms with van der Waals surface area (Å²) >= 11 is 1.40. The van der Waals surface area contributed by atoms with Crippen LogP contribution in [-0.2, 0) is 0 Å². The Morgan fingerprint density at radius 2 is 1.73 bits per heavy atom. The summed E-state index contributed by atoms with van der Waals surface area (Å²) in [7, 11) is 0. The van der Waals surface area contributed by atoms with Gasteiger partial charge < -0.3 is 10.1 Å². The first-order chi connectivity index (χ1) is 19.6. The number of amides is 2. The molecular formula is C32H40N4O3S. The molecule has 1 unspecified atom stereocenters. The SMILES string of the molecule is CCOc1ccc(C2CCCCC2)cc1-c1csc(NC(=O)c2ccc(C(=O)NCC3CCCN3CC)cc2)n1. The smallest absolute Gasteiger partial charge is 0.257 e. The number of thiazole rings is 1. The number of nitrogens with one attached hydrogen (secondary N) is 2. The van der Waals surface area contributed by atoms with Crippen LogP contribution in [0.3, 0.4) is 0 Å². The van der Waals surface area contributed by atoms with Crippen molar-refractivity contribution in [1.82, 2.24) is 15.2 Å². The van der Waals surface area contributed by atoms with Gasteiger partial charge in [0.15, 0.2) is 5.13 Å². The Kier molecular flexibility index (Phi) is 9.49. The van der Waals surface area contributed by atoms with Gasteiger partial charge in [-0.15, -0.1) is 11.3 Å². The van der Waals surface area contributed by atoms with Gasteiger partial charge in [-0.2, -0.15) is 0 Å². The Labute approximate surface area is 241 Å². The lowest BCUT2D eigenvalue weighted by molar-refractivity contribution is 0.0939. The summed E-state index contributed by atoms with van der Waals surface area (Å²) in [5.41, 5.74) is 4.15. The Hall–Kier alpha value is -3.23. The molecular weight excluding hydrogens is 520 g/mol. The second-order valence-electron chi connectivity index (χ2n) is 10.7. The summed E-state index contributed by atoms with van der Waals surface area (Å²) in [6.07, 6.45) is 8.63. The average molecular weight is 561 g/mol. The van der Waals surface area contributed by atoms with Crippen molar-refractivity contribution in [2.45, 2.75) is 70.8 Å². The lowest BCUT2D eigenvalue weighted by Gasteiger charge is -2.23. The van der Waals surface area contributed by atoms with Gasteiger partial charge in [-0.25, -0.2) is 4.98 Å². The highest BCUT2D eigenvalue weighted by Gasteiger charge is 2.23. The molecule has 1 saturated carbocycles. The first-order valence-electron chi connectivity index (χ1n) is 14.7. The van der Waals surface area contributed by atoms with Crippen LogP contribution >= 0.6 is 11.3 Å². The number of carbonyl (C=O) groups is 2. The van der Waals surface area contributed by atoms with E-state index in [1.807, 2.05) is 12.3 Å². The molecule has 8 heteroatoms. The van der Waals surface area contributed by atoms with Crippen molar-refractivity contribution < 1.29 is 14.3 Å². The van der Waals surface area contributed by atoms with E-state index >= 15 is 0 Å². The molecule has 2 aromatic carbocycles. The van der Waals surface area contributed by atoms with Crippen molar-refractivity contribution in [1.29, 1.82) is 0 Å². The maximum absolute atomic E-state index is 13.0. The van der Waals surface area contributed by atoms with Crippen LogP contribution in [0.4, 0.5) is 5.13 Å². The number of likely N-dealkylation sites (N-methyl/N-ethyl adjacent to an activating group) is 1. The number of hydrogen-bond acceptors (Lipinski definition) is 6. The van der Waals surface area contributed by atoms with Crippen molar-refractivity contribution >= 4 is 28.3 Å². The van der Waals surface area contributed by atoms with E-state index in [1.54, 1.807) is 24.3 Å². The highest BCUT2D eigenvalue weighted by atomic mass is 32.1. The first kappa shape index (κ1) is 28.3. The predicted octanol–water partition coefficient (Wildman–Crippen LogP) is 6.72. The van der Waals surface area contributed by atoms with E-state index < -0.39 is 0 Å². The molecule has 2 fully saturated rings. The second-order valence-corrected chi connectivity index (χ2v) is 11.6. The molecule has 0 spiro atoms. The number of aromatic nitrogens is 1. The van der Waals surface area contributed by atoms with Crippen LogP contribution in [-0.4, -0.2) is 54.0 Å². The standard InChI is InChI=1S/C32H40N4O3S/c1-3-36-18-8-11-26(36)20-33-30(37)23-12-14-24(15-13-23)31(38)35-32-34-28(21-40-32)27-19-25(16-17-29(27)39-4-2)22-9-6-5-7-10-22/h12-17,19,21-22,26H,3-11,18,20H2,1-2H3,(H,33,37)(H,34,35,38). The third-order valence-electron chi connectivity index (χ3n) is 8.19. The molecule has 2 aliphatic rings. The number of carbonyl (C=O) groups excluding carboxylic acids is 2. The van der Waals surface area contributed by atoms with E-state index in [2.05, 4.69) is 40.7 Å². The number of rotatable bonds is 10. The fourth-order valence-electron chi connectivity index (χ4n) is 5.97. The third-order valence-corrected chi connectivity index (χ3v) is 8.95. The predicted molar refractivity (Wildman–Crippen MR) is 162 cm³/mol.